The first-order valence-electron chi connectivity index (χ1n) is 11.9. The van der Waals surface area contributed by atoms with Gasteiger partial charge in [-0.05, 0) is 74.3 Å². The van der Waals surface area contributed by atoms with Crippen LogP contribution in [0.25, 0.3) is 0 Å². The lowest BCUT2D eigenvalue weighted by Gasteiger charge is -2.43. The predicted molar refractivity (Wildman–Crippen MR) is 127 cm³/mol. The van der Waals surface area contributed by atoms with E-state index in [1.54, 1.807) is 0 Å². The number of benzene rings is 1. The average molecular weight is 420 g/mol. The zero-order valence-corrected chi connectivity index (χ0v) is 19.4. The van der Waals surface area contributed by atoms with Crippen molar-refractivity contribution in [2.45, 2.75) is 77.9 Å². The van der Waals surface area contributed by atoms with Crippen molar-refractivity contribution in [3.63, 3.8) is 0 Å². The Morgan fingerprint density at radius 2 is 1.84 bits per heavy atom. The number of aliphatic hydroxyl groups excluding tert-OH is 1. The molecule has 0 saturated heterocycles. The number of aliphatic hydroxyl groups is 1. The second-order valence-corrected chi connectivity index (χ2v) is 10.4. The number of amides is 1. The van der Waals surface area contributed by atoms with Crippen LogP contribution in [-0.2, 0) is 11.2 Å². The maximum Gasteiger partial charge on any atom is 0.250 e. The summed E-state index contributed by atoms with van der Waals surface area (Å²) in [5.41, 5.74) is 6.02. The molecule has 0 spiro atoms. The van der Waals surface area contributed by atoms with Gasteiger partial charge >= 0.3 is 0 Å². The molecular formula is C28H37NO2. The highest BCUT2D eigenvalue weighted by atomic mass is 16.3. The molecule has 0 saturated carbocycles. The van der Waals surface area contributed by atoms with E-state index in [-0.39, 0.29) is 17.4 Å². The summed E-state index contributed by atoms with van der Waals surface area (Å²) in [6.07, 6.45) is 7.83. The number of fused-ring (bicyclic) bond motifs is 1. The second-order valence-electron chi connectivity index (χ2n) is 10.4. The maximum absolute atomic E-state index is 13.6. The standard InChI is InChI=1S/C28H37NO2/c1-19-10-11-22-12-13-24-26(28(22,3)4)25(18-20(2)17-23(30)16-19)29(27(24)31)15-14-21-8-6-5-7-9-21/h5-9,17,22-23,25,30H,1,10-16,18H2,2-4H3/b20-17+/t22-,23+,25-/m1/s1. The topological polar surface area (TPSA) is 40.5 Å². The summed E-state index contributed by atoms with van der Waals surface area (Å²) >= 11 is 0. The quantitative estimate of drug-likeness (QED) is 0.647. The molecule has 0 aromatic heterocycles. The van der Waals surface area contributed by atoms with E-state index < -0.39 is 6.10 Å². The van der Waals surface area contributed by atoms with E-state index in [2.05, 4.69) is 56.5 Å². The predicted octanol–water partition coefficient (Wildman–Crippen LogP) is 5.61. The molecule has 0 unspecified atom stereocenters. The van der Waals surface area contributed by atoms with Crippen LogP contribution in [0.15, 0.2) is 65.3 Å². The third-order valence-corrected chi connectivity index (χ3v) is 7.83. The van der Waals surface area contributed by atoms with Crippen LogP contribution in [0.4, 0.5) is 0 Å². The number of hydrogen-bond donors (Lipinski definition) is 1. The van der Waals surface area contributed by atoms with E-state index in [1.165, 1.54) is 11.1 Å². The van der Waals surface area contributed by atoms with Crippen molar-refractivity contribution in [2.24, 2.45) is 11.3 Å². The van der Waals surface area contributed by atoms with Crippen molar-refractivity contribution >= 4 is 5.91 Å². The van der Waals surface area contributed by atoms with E-state index in [1.807, 2.05) is 12.1 Å². The molecular weight excluding hydrogens is 382 g/mol. The molecule has 1 heterocycles. The van der Waals surface area contributed by atoms with Crippen molar-refractivity contribution in [1.82, 2.24) is 4.90 Å². The van der Waals surface area contributed by atoms with Crippen LogP contribution in [0.1, 0.15) is 64.9 Å². The minimum Gasteiger partial charge on any atom is -0.389 e. The molecule has 0 fully saturated rings. The Morgan fingerprint density at radius 1 is 1.13 bits per heavy atom. The molecule has 3 atom stereocenters. The van der Waals surface area contributed by atoms with Crippen molar-refractivity contribution in [2.75, 3.05) is 6.54 Å². The maximum atomic E-state index is 13.6. The molecule has 4 rings (SSSR count). The van der Waals surface area contributed by atoms with E-state index in [9.17, 15) is 9.90 Å². The van der Waals surface area contributed by atoms with E-state index >= 15 is 0 Å². The number of carbonyl (C=O) groups is 1. The SMILES string of the molecule is C=C1CC[C@@H]2CCC3=C([C@@H](C/C(C)=C/[C@@H](O)C1)N(CCc1ccccc1)C3=O)C2(C)C. The van der Waals surface area contributed by atoms with Gasteiger partial charge < -0.3 is 10.0 Å². The molecule has 1 N–H and O–H groups in total. The van der Waals surface area contributed by atoms with Gasteiger partial charge in [-0.3, -0.25) is 4.79 Å². The number of hydrogen-bond acceptors (Lipinski definition) is 2. The molecule has 0 radical (unpaired) electrons. The Kier molecular flexibility index (Phi) is 6.25. The normalized spacial score (nSPS) is 30.5. The highest BCUT2D eigenvalue weighted by molar-refractivity contribution is 5.98. The van der Waals surface area contributed by atoms with Crippen molar-refractivity contribution < 1.29 is 9.90 Å². The van der Waals surface area contributed by atoms with Gasteiger partial charge in [-0.25, -0.2) is 0 Å². The minimum absolute atomic E-state index is 0.00772. The third kappa shape index (κ3) is 4.43. The Labute approximate surface area is 187 Å². The Morgan fingerprint density at radius 3 is 2.58 bits per heavy atom. The average Bonchev–Trinajstić information content (AvgIpc) is 2.97. The first-order chi connectivity index (χ1) is 14.8. The summed E-state index contributed by atoms with van der Waals surface area (Å²) in [5.74, 6) is 0.795. The van der Waals surface area contributed by atoms with Gasteiger partial charge in [0.25, 0.3) is 0 Å². The van der Waals surface area contributed by atoms with Gasteiger partial charge in [0.15, 0.2) is 0 Å². The monoisotopic (exact) mass is 419 g/mol. The summed E-state index contributed by atoms with van der Waals surface area (Å²) in [6, 6.07) is 10.6. The molecule has 3 heteroatoms. The van der Waals surface area contributed by atoms with Crippen LogP contribution in [0.2, 0.25) is 0 Å². The van der Waals surface area contributed by atoms with Crippen LogP contribution >= 0.6 is 0 Å². The molecule has 2 aliphatic carbocycles. The molecule has 31 heavy (non-hydrogen) atoms. The Hall–Kier alpha value is -2.13. The molecule has 1 aliphatic heterocycles. The largest absolute Gasteiger partial charge is 0.389 e. The van der Waals surface area contributed by atoms with Crippen molar-refractivity contribution in [1.29, 1.82) is 0 Å². The second kappa shape index (κ2) is 8.78. The highest BCUT2D eigenvalue weighted by Gasteiger charge is 2.49. The van der Waals surface area contributed by atoms with Crippen LogP contribution in [0.3, 0.4) is 0 Å². The molecule has 3 aliphatic rings. The fraction of sp³-hybridized carbons (Fsp3) is 0.536. The lowest BCUT2D eigenvalue weighted by molar-refractivity contribution is -0.127. The Bertz CT molecular complexity index is 908. The zero-order chi connectivity index (χ0) is 22.2. The van der Waals surface area contributed by atoms with Gasteiger partial charge in [0.1, 0.15) is 0 Å². The van der Waals surface area contributed by atoms with Crippen LogP contribution < -0.4 is 0 Å². The zero-order valence-electron chi connectivity index (χ0n) is 19.4. The third-order valence-electron chi connectivity index (χ3n) is 7.83. The van der Waals surface area contributed by atoms with Crippen LogP contribution in [0, 0.1) is 11.3 Å². The smallest absolute Gasteiger partial charge is 0.250 e. The molecule has 1 aromatic rings. The van der Waals surface area contributed by atoms with Crippen molar-refractivity contribution in [3.8, 4) is 0 Å². The number of carbonyl (C=O) groups excluding carboxylic acids is 1. The van der Waals surface area contributed by atoms with E-state index in [0.717, 1.165) is 61.8 Å². The fourth-order valence-electron chi connectivity index (χ4n) is 6.15. The lowest BCUT2D eigenvalue weighted by atomic mass is 9.62. The highest BCUT2D eigenvalue weighted by Crippen LogP contribution is 2.53. The fourth-order valence-corrected chi connectivity index (χ4v) is 6.15. The first kappa shape index (κ1) is 22.1. The summed E-state index contributed by atoms with van der Waals surface area (Å²) in [5, 5.41) is 10.5. The summed E-state index contributed by atoms with van der Waals surface area (Å²) in [4.78, 5) is 15.7. The van der Waals surface area contributed by atoms with Gasteiger partial charge in [-0.15, -0.1) is 0 Å². The molecule has 1 amide bonds. The van der Waals surface area contributed by atoms with Gasteiger partial charge in [-0.1, -0.05) is 68.0 Å². The number of nitrogens with zero attached hydrogens (tertiary/aromatic N) is 1. The molecule has 2 bridgehead atoms. The summed E-state index contributed by atoms with van der Waals surface area (Å²) < 4.78 is 0. The van der Waals surface area contributed by atoms with Gasteiger partial charge in [-0.2, -0.15) is 0 Å². The van der Waals surface area contributed by atoms with Crippen LogP contribution in [-0.4, -0.2) is 34.6 Å². The van der Waals surface area contributed by atoms with E-state index in [4.69, 9.17) is 0 Å². The lowest BCUT2D eigenvalue weighted by Crippen LogP contribution is -2.41. The number of rotatable bonds is 3. The van der Waals surface area contributed by atoms with Crippen LogP contribution in [0.5, 0.6) is 0 Å². The first-order valence-corrected chi connectivity index (χ1v) is 11.9. The van der Waals surface area contributed by atoms with E-state index in [0.29, 0.717) is 12.3 Å². The molecule has 166 valence electrons. The minimum atomic E-state index is -0.483. The Balaban J connectivity index is 1.69. The van der Waals surface area contributed by atoms with Gasteiger partial charge in [0.05, 0.1) is 12.1 Å². The molecule has 3 nitrogen and oxygen atoms in total. The molecule has 1 aromatic carbocycles. The van der Waals surface area contributed by atoms with Gasteiger partial charge in [0, 0.05) is 12.1 Å². The van der Waals surface area contributed by atoms with Crippen molar-refractivity contribution in [3.05, 3.63) is 70.8 Å². The van der Waals surface area contributed by atoms with Gasteiger partial charge in [0.2, 0.25) is 5.91 Å². The summed E-state index contributed by atoms with van der Waals surface area (Å²) in [6.45, 7) is 11.8. The summed E-state index contributed by atoms with van der Waals surface area (Å²) in [7, 11) is 0.